The summed E-state index contributed by atoms with van der Waals surface area (Å²) >= 11 is 0. The van der Waals surface area contributed by atoms with Crippen molar-refractivity contribution in [2.45, 2.75) is 26.2 Å². The number of nitrogens with zero attached hydrogens (tertiary/aromatic N) is 2. The molecule has 0 radical (unpaired) electrons. The molecule has 0 saturated carbocycles. The quantitative estimate of drug-likeness (QED) is 0.743. The van der Waals surface area contributed by atoms with Crippen molar-refractivity contribution in [1.82, 2.24) is 9.88 Å². The van der Waals surface area contributed by atoms with Crippen molar-refractivity contribution in [3.05, 3.63) is 47.8 Å². The average molecular weight is 423 g/mol. The highest BCUT2D eigenvalue weighted by Gasteiger charge is 2.26. The third-order valence-corrected chi connectivity index (χ3v) is 5.62. The smallest absolute Gasteiger partial charge is 0.255 e. The number of hydrogen-bond donors (Lipinski definition) is 1. The molecule has 2 amide bonds. The van der Waals surface area contributed by atoms with Gasteiger partial charge in [-0.1, -0.05) is 0 Å². The molecule has 2 aliphatic rings. The molecule has 4 rings (SSSR count). The van der Waals surface area contributed by atoms with E-state index in [9.17, 15) is 14.4 Å². The first-order valence-electron chi connectivity index (χ1n) is 10.4. The fourth-order valence-electron chi connectivity index (χ4n) is 3.96. The molecule has 2 aromatic rings. The number of ketones is 1. The predicted octanol–water partition coefficient (Wildman–Crippen LogP) is 2.94. The van der Waals surface area contributed by atoms with E-state index in [1.165, 1.54) is 6.92 Å². The lowest BCUT2D eigenvalue weighted by atomic mass is 9.92. The summed E-state index contributed by atoms with van der Waals surface area (Å²) < 4.78 is 11.1. The zero-order valence-electron chi connectivity index (χ0n) is 17.4. The second-order valence-corrected chi connectivity index (χ2v) is 7.83. The number of carbonyl (C=O) groups excluding carboxylic acids is 3. The number of amides is 2. The SMILES string of the molecule is CC(=O)c1cc2c(cc1NC(=O)CC1CCN(C(=O)c3cccnc3)CC1)OCCO2. The Morgan fingerprint density at radius 1 is 1.13 bits per heavy atom. The molecule has 1 aromatic heterocycles. The van der Waals surface area contributed by atoms with Crippen LogP contribution in [0.5, 0.6) is 11.5 Å². The number of hydrogen-bond acceptors (Lipinski definition) is 6. The van der Waals surface area contributed by atoms with Crippen LogP contribution < -0.4 is 14.8 Å². The maximum absolute atomic E-state index is 12.7. The number of Topliss-reactive ketones (excluding diaryl/α,β-unsaturated/α-hetero) is 1. The number of aromatic nitrogens is 1. The van der Waals surface area contributed by atoms with Gasteiger partial charge in [-0.3, -0.25) is 19.4 Å². The van der Waals surface area contributed by atoms with Gasteiger partial charge in [0.05, 0.1) is 11.3 Å². The average Bonchev–Trinajstić information content (AvgIpc) is 2.79. The van der Waals surface area contributed by atoms with Crippen LogP contribution in [-0.2, 0) is 4.79 Å². The Balaban J connectivity index is 1.35. The molecule has 1 fully saturated rings. The lowest BCUT2D eigenvalue weighted by Gasteiger charge is -2.31. The van der Waals surface area contributed by atoms with Gasteiger partial charge >= 0.3 is 0 Å². The third-order valence-electron chi connectivity index (χ3n) is 5.62. The maximum atomic E-state index is 12.7. The minimum absolute atomic E-state index is 0.0293. The standard InChI is InChI=1S/C23H25N3O5/c1-15(27)18-12-20-21(31-10-9-30-20)13-19(18)25-22(28)11-16-4-7-26(8-5-16)23(29)17-3-2-6-24-14-17/h2-3,6,12-14,16H,4-5,7-11H2,1H3,(H,25,28). The number of piperidine rings is 1. The zero-order valence-corrected chi connectivity index (χ0v) is 17.4. The summed E-state index contributed by atoms with van der Waals surface area (Å²) in [7, 11) is 0. The first-order chi connectivity index (χ1) is 15.0. The Morgan fingerprint density at radius 3 is 2.48 bits per heavy atom. The normalized spacial score (nSPS) is 16.0. The van der Waals surface area contributed by atoms with E-state index in [1.54, 1.807) is 41.6 Å². The van der Waals surface area contributed by atoms with E-state index in [2.05, 4.69) is 10.3 Å². The highest BCUT2D eigenvalue weighted by molar-refractivity contribution is 6.04. The molecule has 1 saturated heterocycles. The summed E-state index contributed by atoms with van der Waals surface area (Å²) in [4.78, 5) is 43.1. The second kappa shape index (κ2) is 9.16. The molecule has 31 heavy (non-hydrogen) atoms. The van der Waals surface area contributed by atoms with Gasteiger partial charge in [0.25, 0.3) is 5.91 Å². The topological polar surface area (TPSA) is 97.8 Å². The van der Waals surface area contributed by atoms with Crippen LogP contribution in [0.15, 0.2) is 36.7 Å². The number of benzene rings is 1. The van der Waals surface area contributed by atoms with E-state index in [1.807, 2.05) is 0 Å². The molecule has 0 aliphatic carbocycles. The molecule has 1 aromatic carbocycles. The largest absolute Gasteiger partial charge is 0.486 e. The number of pyridine rings is 1. The first kappa shape index (κ1) is 20.8. The fourth-order valence-corrected chi connectivity index (χ4v) is 3.96. The van der Waals surface area contributed by atoms with Gasteiger partial charge in [0.1, 0.15) is 13.2 Å². The van der Waals surface area contributed by atoms with Gasteiger partial charge < -0.3 is 19.7 Å². The molecule has 2 aliphatic heterocycles. The number of fused-ring (bicyclic) bond motifs is 1. The molecule has 0 unspecified atom stereocenters. The summed E-state index contributed by atoms with van der Waals surface area (Å²) in [5, 5.41) is 2.86. The van der Waals surface area contributed by atoms with Crippen LogP contribution in [0, 0.1) is 5.92 Å². The van der Waals surface area contributed by atoms with Crippen LogP contribution in [0.1, 0.15) is 46.9 Å². The van der Waals surface area contributed by atoms with E-state index in [0.29, 0.717) is 61.0 Å². The maximum Gasteiger partial charge on any atom is 0.255 e. The number of likely N-dealkylation sites (tertiary alicyclic amines) is 1. The Hall–Kier alpha value is -3.42. The number of carbonyl (C=O) groups is 3. The number of rotatable bonds is 5. The second-order valence-electron chi connectivity index (χ2n) is 7.83. The number of ether oxygens (including phenoxy) is 2. The lowest BCUT2D eigenvalue weighted by Crippen LogP contribution is -2.39. The molecule has 162 valence electrons. The van der Waals surface area contributed by atoms with Crippen LogP contribution in [0.2, 0.25) is 0 Å². The van der Waals surface area contributed by atoms with Crippen molar-refractivity contribution in [3.63, 3.8) is 0 Å². The summed E-state index contributed by atoms with van der Waals surface area (Å²) in [6, 6.07) is 6.78. The molecule has 8 heteroatoms. The van der Waals surface area contributed by atoms with E-state index < -0.39 is 0 Å². The molecule has 0 bridgehead atoms. The molecule has 3 heterocycles. The van der Waals surface area contributed by atoms with E-state index in [-0.39, 0.29) is 23.5 Å². The molecule has 0 spiro atoms. The summed E-state index contributed by atoms with van der Waals surface area (Å²) in [5.41, 5.74) is 1.41. The van der Waals surface area contributed by atoms with Crippen LogP contribution in [0.4, 0.5) is 5.69 Å². The zero-order chi connectivity index (χ0) is 21.8. The molecular formula is C23H25N3O5. The van der Waals surface area contributed by atoms with E-state index in [4.69, 9.17) is 9.47 Å². The van der Waals surface area contributed by atoms with Gasteiger partial charge in [0.2, 0.25) is 5.91 Å². The summed E-state index contributed by atoms with van der Waals surface area (Å²) in [5.74, 6) is 0.869. The van der Waals surface area contributed by atoms with Crippen molar-refractivity contribution >= 4 is 23.3 Å². The Kier molecular flexibility index (Phi) is 6.16. The van der Waals surface area contributed by atoms with E-state index in [0.717, 1.165) is 12.8 Å². The summed E-state index contributed by atoms with van der Waals surface area (Å²) in [6.45, 7) is 3.52. The van der Waals surface area contributed by atoms with Crippen LogP contribution in [0.3, 0.4) is 0 Å². The van der Waals surface area contributed by atoms with Gasteiger partial charge in [-0.15, -0.1) is 0 Å². The van der Waals surface area contributed by atoms with Gasteiger partial charge in [-0.2, -0.15) is 0 Å². The van der Waals surface area contributed by atoms with Crippen LogP contribution in [0.25, 0.3) is 0 Å². The van der Waals surface area contributed by atoms with Crippen molar-refractivity contribution in [1.29, 1.82) is 0 Å². The van der Waals surface area contributed by atoms with Crippen LogP contribution >= 0.6 is 0 Å². The Labute approximate surface area is 180 Å². The molecular weight excluding hydrogens is 398 g/mol. The molecule has 0 atom stereocenters. The Morgan fingerprint density at radius 2 is 1.84 bits per heavy atom. The van der Waals surface area contributed by atoms with Crippen molar-refractivity contribution in [2.24, 2.45) is 5.92 Å². The van der Waals surface area contributed by atoms with Crippen molar-refractivity contribution in [3.8, 4) is 11.5 Å². The van der Waals surface area contributed by atoms with Crippen molar-refractivity contribution in [2.75, 3.05) is 31.6 Å². The minimum atomic E-state index is -0.158. The highest BCUT2D eigenvalue weighted by Crippen LogP contribution is 2.36. The van der Waals surface area contributed by atoms with Gasteiger partial charge in [-0.05, 0) is 43.9 Å². The van der Waals surface area contributed by atoms with E-state index >= 15 is 0 Å². The Bertz CT molecular complexity index is 984. The molecule has 8 nitrogen and oxygen atoms in total. The highest BCUT2D eigenvalue weighted by atomic mass is 16.6. The van der Waals surface area contributed by atoms with Crippen LogP contribution in [-0.4, -0.2) is 53.8 Å². The molecule has 1 N–H and O–H groups in total. The monoisotopic (exact) mass is 423 g/mol. The van der Waals surface area contributed by atoms with Gasteiger partial charge in [0, 0.05) is 43.5 Å². The lowest BCUT2D eigenvalue weighted by molar-refractivity contribution is -0.117. The summed E-state index contributed by atoms with van der Waals surface area (Å²) in [6.07, 6.45) is 5.05. The van der Waals surface area contributed by atoms with Gasteiger partial charge in [-0.25, -0.2) is 0 Å². The predicted molar refractivity (Wildman–Crippen MR) is 114 cm³/mol. The third kappa shape index (κ3) is 4.84. The first-order valence-corrected chi connectivity index (χ1v) is 10.4. The minimum Gasteiger partial charge on any atom is -0.486 e. The van der Waals surface area contributed by atoms with Crippen molar-refractivity contribution < 1.29 is 23.9 Å². The van der Waals surface area contributed by atoms with Gasteiger partial charge in [0.15, 0.2) is 17.3 Å². The number of nitrogens with one attached hydrogen (secondary N) is 1. The number of anilines is 1. The fraction of sp³-hybridized carbons (Fsp3) is 0.391.